The highest BCUT2D eigenvalue weighted by Gasteiger charge is 2.75. The molecule has 3 aliphatic heterocycles. The summed E-state index contributed by atoms with van der Waals surface area (Å²) in [6, 6.07) is 14.9. The van der Waals surface area contributed by atoms with Gasteiger partial charge in [0, 0.05) is 36.8 Å². The van der Waals surface area contributed by atoms with E-state index in [2.05, 4.69) is 18.5 Å². The number of anilines is 1. The molecule has 2 bridgehead atoms. The van der Waals surface area contributed by atoms with Crippen LogP contribution < -0.4 is 10.2 Å². The van der Waals surface area contributed by atoms with Gasteiger partial charge in [0.15, 0.2) is 0 Å². The van der Waals surface area contributed by atoms with Crippen molar-refractivity contribution < 1.29 is 33.8 Å². The van der Waals surface area contributed by atoms with Crippen LogP contribution in [0.5, 0.6) is 0 Å². The number of nitrogens with one attached hydrogen (secondary N) is 1. The molecule has 11 heteroatoms. The number of aliphatic hydroxyl groups excluding tert-OH is 1. The van der Waals surface area contributed by atoms with E-state index in [1.807, 2.05) is 30.3 Å². The third-order valence-electron chi connectivity index (χ3n) is 9.07. The molecule has 0 aliphatic carbocycles. The van der Waals surface area contributed by atoms with Gasteiger partial charge in [-0.2, -0.15) is 0 Å². The SMILES string of the molecule is C=CCCC(=O)NC[C@@H](OC(=O)[C@@H]1[C@H]2C(=O)N(CCCO)[C@H](C(=O)N(CC=C)c3ccc(Cl)cc3)[C@]23CC[C@H]1O3)c1ccccc1. The molecule has 2 aromatic carbocycles. The van der Waals surface area contributed by atoms with Gasteiger partial charge < -0.3 is 29.7 Å². The molecule has 3 amide bonds. The van der Waals surface area contributed by atoms with Crippen molar-refractivity contribution in [2.45, 2.75) is 56.0 Å². The number of rotatable bonds is 15. The molecular weight excluding hydrogens is 610 g/mol. The Labute approximate surface area is 274 Å². The monoisotopic (exact) mass is 649 g/mol. The number of ether oxygens (including phenoxy) is 2. The van der Waals surface area contributed by atoms with Crippen LogP contribution in [0.2, 0.25) is 5.02 Å². The van der Waals surface area contributed by atoms with E-state index in [1.165, 1.54) is 9.80 Å². The fourth-order valence-corrected chi connectivity index (χ4v) is 7.17. The minimum Gasteiger partial charge on any atom is -0.455 e. The van der Waals surface area contributed by atoms with Crippen LogP contribution in [0.1, 0.15) is 43.8 Å². The molecule has 10 nitrogen and oxygen atoms in total. The largest absolute Gasteiger partial charge is 0.455 e. The molecule has 0 aromatic heterocycles. The number of allylic oxidation sites excluding steroid dienone is 1. The van der Waals surface area contributed by atoms with Crippen molar-refractivity contribution in [1.29, 1.82) is 0 Å². The number of likely N-dealkylation sites (tertiary alicyclic amines) is 1. The number of halogens is 1. The Kier molecular flexibility index (Phi) is 10.6. The van der Waals surface area contributed by atoms with E-state index in [9.17, 15) is 24.3 Å². The summed E-state index contributed by atoms with van der Waals surface area (Å²) in [6.45, 7) is 7.63. The highest BCUT2D eigenvalue weighted by molar-refractivity contribution is 6.30. The van der Waals surface area contributed by atoms with Crippen LogP contribution in [0, 0.1) is 11.8 Å². The second-order valence-electron chi connectivity index (χ2n) is 11.8. The number of hydrogen-bond acceptors (Lipinski definition) is 7. The maximum atomic E-state index is 14.5. The van der Waals surface area contributed by atoms with Crippen molar-refractivity contribution in [1.82, 2.24) is 10.2 Å². The number of carbonyl (C=O) groups is 4. The van der Waals surface area contributed by atoms with Gasteiger partial charge in [0.25, 0.3) is 5.91 Å². The lowest BCUT2D eigenvalue weighted by molar-refractivity contribution is -0.160. The first-order chi connectivity index (χ1) is 22.2. The van der Waals surface area contributed by atoms with E-state index in [0.717, 1.165) is 0 Å². The normalized spacial score (nSPS) is 25.1. The van der Waals surface area contributed by atoms with Gasteiger partial charge in [0.05, 0.1) is 24.5 Å². The first kappa shape index (κ1) is 33.4. The highest BCUT2D eigenvalue weighted by Crippen LogP contribution is 2.59. The van der Waals surface area contributed by atoms with Gasteiger partial charge in [-0.15, -0.1) is 13.2 Å². The van der Waals surface area contributed by atoms with E-state index in [-0.39, 0.29) is 56.8 Å². The number of esters is 1. The topological polar surface area (TPSA) is 125 Å². The number of nitrogens with zero attached hydrogens (tertiary/aromatic N) is 2. The second kappa shape index (κ2) is 14.6. The van der Waals surface area contributed by atoms with Crippen LogP contribution in [-0.2, 0) is 28.7 Å². The lowest BCUT2D eigenvalue weighted by Crippen LogP contribution is -2.56. The standard InChI is InChI=1S/C35H40ClN3O7/c1-3-5-12-28(41)37-22-27(23-10-7-6-8-11-23)45-34(44)29-26-17-18-35(46-26)30(29)32(42)39(20-9-21-40)31(35)33(43)38(19-4-2)25-15-13-24(36)14-16-25/h3-4,6-8,10-11,13-16,26-27,29-31,40H,1-2,5,9,12,17-22H2,(H,37,41)/t26-,27-,29+,30+,31-,35+/m1/s1. The fraction of sp³-hybridized carbons (Fsp3) is 0.429. The Balaban J connectivity index is 1.44. The predicted molar refractivity (Wildman–Crippen MR) is 173 cm³/mol. The van der Waals surface area contributed by atoms with Gasteiger partial charge in [0.1, 0.15) is 17.7 Å². The van der Waals surface area contributed by atoms with Crippen molar-refractivity contribution >= 4 is 41.0 Å². The van der Waals surface area contributed by atoms with Crippen LogP contribution in [0.25, 0.3) is 0 Å². The lowest BCUT2D eigenvalue weighted by Gasteiger charge is -2.36. The van der Waals surface area contributed by atoms with Crippen molar-refractivity contribution in [2.24, 2.45) is 11.8 Å². The summed E-state index contributed by atoms with van der Waals surface area (Å²) < 4.78 is 12.6. The summed E-state index contributed by atoms with van der Waals surface area (Å²) in [5.41, 5.74) is 0.0236. The van der Waals surface area contributed by atoms with Crippen LogP contribution in [0.15, 0.2) is 79.9 Å². The minimum absolute atomic E-state index is 0.0507. The zero-order valence-electron chi connectivity index (χ0n) is 25.7. The van der Waals surface area contributed by atoms with E-state index in [0.29, 0.717) is 35.5 Å². The maximum absolute atomic E-state index is 14.5. The summed E-state index contributed by atoms with van der Waals surface area (Å²) in [5, 5.41) is 13.0. The molecule has 0 saturated carbocycles. The second-order valence-corrected chi connectivity index (χ2v) is 12.3. The summed E-state index contributed by atoms with van der Waals surface area (Å²) in [7, 11) is 0. The molecule has 3 saturated heterocycles. The molecule has 0 radical (unpaired) electrons. The van der Waals surface area contributed by atoms with E-state index < -0.39 is 41.7 Å². The van der Waals surface area contributed by atoms with E-state index >= 15 is 0 Å². The summed E-state index contributed by atoms with van der Waals surface area (Å²) >= 11 is 6.11. The molecule has 6 atom stereocenters. The van der Waals surface area contributed by atoms with E-state index in [4.69, 9.17) is 21.1 Å². The van der Waals surface area contributed by atoms with Gasteiger partial charge in [-0.25, -0.2) is 0 Å². The molecule has 3 fully saturated rings. The zero-order chi connectivity index (χ0) is 32.8. The average molecular weight is 650 g/mol. The Hall–Kier alpha value is -3.99. The molecule has 0 unspecified atom stereocenters. The quantitative estimate of drug-likeness (QED) is 0.221. The Bertz CT molecular complexity index is 1450. The molecule has 244 valence electrons. The number of amides is 3. The minimum atomic E-state index is -1.25. The van der Waals surface area contributed by atoms with Crippen molar-refractivity contribution in [2.75, 3.05) is 31.1 Å². The molecule has 46 heavy (non-hydrogen) atoms. The van der Waals surface area contributed by atoms with Crippen LogP contribution in [-0.4, -0.2) is 77.7 Å². The number of carbonyl (C=O) groups excluding carboxylic acids is 4. The third-order valence-corrected chi connectivity index (χ3v) is 9.32. The molecule has 3 aliphatic rings. The van der Waals surface area contributed by atoms with Gasteiger partial charge in [-0.3, -0.25) is 19.2 Å². The van der Waals surface area contributed by atoms with Gasteiger partial charge in [-0.05, 0) is 55.5 Å². The molecule has 2 N–H and O–H groups in total. The maximum Gasteiger partial charge on any atom is 0.313 e. The molecule has 1 spiro atoms. The van der Waals surface area contributed by atoms with Gasteiger partial charge in [-0.1, -0.05) is 54.1 Å². The first-order valence-electron chi connectivity index (χ1n) is 15.7. The first-order valence-corrected chi connectivity index (χ1v) is 16.0. The molecule has 2 aromatic rings. The molecule has 3 heterocycles. The van der Waals surface area contributed by atoms with Crippen LogP contribution in [0.4, 0.5) is 5.69 Å². The Morgan fingerprint density at radius 2 is 1.89 bits per heavy atom. The smallest absolute Gasteiger partial charge is 0.313 e. The summed E-state index contributed by atoms with van der Waals surface area (Å²) in [6.07, 6.45) is 3.75. The van der Waals surface area contributed by atoms with Gasteiger partial charge >= 0.3 is 5.97 Å². The fourth-order valence-electron chi connectivity index (χ4n) is 7.04. The Morgan fingerprint density at radius 3 is 2.57 bits per heavy atom. The molecular formula is C35H40ClN3O7. The lowest BCUT2D eigenvalue weighted by atomic mass is 9.70. The van der Waals surface area contributed by atoms with Gasteiger partial charge in [0.2, 0.25) is 11.8 Å². The number of hydrogen-bond donors (Lipinski definition) is 2. The predicted octanol–water partition coefficient (Wildman–Crippen LogP) is 3.98. The summed E-state index contributed by atoms with van der Waals surface area (Å²) in [5.74, 6) is -3.44. The van der Waals surface area contributed by atoms with Crippen molar-refractivity contribution in [3.8, 4) is 0 Å². The molecule has 5 rings (SSSR count). The number of benzene rings is 2. The number of aliphatic hydroxyl groups is 1. The zero-order valence-corrected chi connectivity index (χ0v) is 26.4. The number of fused-ring (bicyclic) bond motifs is 1. The average Bonchev–Trinajstić information content (AvgIpc) is 3.71. The van der Waals surface area contributed by atoms with Crippen LogP contribution >= 0.6 is 11.6 Å². The Morgan fingerprint density at radius 1 is 1.15 bits per heavy atom. The highest BCUT2D eigenvalue weighted by atomic mass is 35.5. The van der Waals surface area contributed by atoms with Crippen molar-refractivity contribution in [3.05, 3.63) is 90.5 Å². The van der Waals surface area contributed by atoms with E-state index in [1.54, 1.807) is 36.4 Å². The third kappa shape index (κ3) is 6.47. The van der Waals surface area contributed by atoms with Crippen molar-refractivity contribution in [3.63, 3.8) is 0 Å². The van der Waals surface area contributed by atoms with Crippen LogP contribution in [0.3, 0.4) is 0 Å². The summed E-state index contributed by atoms with van der Waals surface area (Å²) in [4.78, 5) is 58.1.